The fourth-order valence-electron chi connectivity index (χ4n) is 2.21. The molecule has 0 spiro atoms. The Balaban J connectivity index is 2.06. The maximum atomic E-state index is 12.4. The van der Waals surface area contributed by atoms with Crippen LogP contribution >= 0.6 is 27.7 Å². The van der Waals surface area contributed by atoms with Crippen molar-refractivity contribution < 1.29 is 14.7 Å². The lowest BCUT2D eigenvalue weighted by Gasteiger charge is -2.34. The summed E-state index contributed by atoms with van der Waals surface area (Å²) in [6.07, 6.45) is -0.0141. The van der Waals surface area contributed by atoms with Crippen molar-refractivity contribution in [1.29, 1.82) is 0 Å². The first-order valence-electron chi connectivity index (χ1n) is 6.60. The van der Waals surface area contributed by atoms with Crippen LogP contribution in [0.1, 0.15) is 12.0 Å². The number of nitrogens with one attached hydrogen (secondary N) is 1. The number of aryl methyl sites for hydroxylation is 1. The molecule has 7 heteroatoms. The maximum absolute atomic E-state index is 12.4. The molecular weight excluding hydrogens is 356 g/mol. The molecular formula is C14H17BrN2O3S. The van der Waals surface area contributed by atoms with Gasteiger partial charge in [-0.25, -0.2) is 4.79 Å². The lowest BCUT2D eigenvalue weighted by Crippen LogP contribution is -2.48. The zero-order chi connectivity index (χ0) is 15.4. The molecule has 114 valence electrons. The molecule has 0 saturated carbocycles. The summed E-state index contributed by atoms with van der Waals surface area (Å²) in [5.74, 6) is 0.627. The van der Waals surface area contributed by atoms with Gasteiger partial charge in [0, 0.05) is 28.2 Å². The average Bonchev–Trinajstić information content (AvgIpc) is 2.43. The van der Waals surface area contributed by atoms with E-state index < -0.39 is 5.97 Å². The Morgan fingerprint density at radius 2 is 2.29 bits per heavy atom. The minimum atomic E-state index is -0.875. The second-order valence-corrected chi connectivity index (χ2v) is 6.92. The van der Waals surface area contributed by atoms with Gasteiger partial charge in [-0.2, -0.15) is 11.8 Å². The molecule has 21 heavy (non-hydrogen) atoms. The minimum Gasteiger partial charge on any atom is -0.481 e. The molecule has 1 unspecified atom stereocenters. The fraction of sp³-hybridized carbons (Fsp3) is 0.429. The van der Waals surface area contributed by atoms with Crippen LogP contribution in [0.3, 0.4) is 0 Å². The fourth-order valence-corrected chi connectivity index (χ4v) is 3.52. The Hall–Kier alpha value is -1.21. The van der Waals surface area contributed by atoms with Crippen LogP contribution in [0.2, 0.25) is 0 Å². The number of hydrogen-bond donors (Lipinski definition) is 2. The number of thioether (sulfide) groups is 1. The van der Waals surface area contributed by atoms with E-state index in [0.29, 0.717) is 18.0 Å². The van der Waals surface area contributed by atoms with E-state index >= 15 is 0 Å². The summed E-state index contributed by atoms with van der Waals surface area (Å²) in [5, 5.41) is 11.8. The van der Waals surface area contributed by atoms with E-state index in [1.54, 1.807) is 16.7 Å². The van der Waals surface area contributed by atoms with Gasteiger partial charge in [-0.05, 0) is 30.7 Å². The number of carboxylic acids is 1. The van der Waals surface area contributed by atoms with Crippen LogP contribution in [0, 0.1) is 6.92 Å². The number of benzene rings is 1. The number of carboxylic acid groups (broad SMARTS) is 1. The second-order valence-electron chi connectivity index (χ2n) is 4.91. The van der Waals surface area contributed by atoms with Crippen LogP contribution in [0.15, 0.2) is 22.7 Å². The highest BCUT2D eigenvalue weighted by Gasteiger charge is 2.28. The number of amides is 2. The lowest BCUT2D eigenvalue weighted by molar-refractivity contribution is -0.137. The van der Waals surface area contributed by atoms with Crippen molar-refractivity contribution >= 4 is 45.4 Å². The number of anilines is 1. The van der Waals surface area contributed by atoms with Gasteiger partial charge in [0.25, 0.3) is 0 Å². The summed E-state index contributed by atoms with van der Waals surface area (Å²) in [4.78, 5) is 24.9. The zero-order valence-corrected chi connectivity index (χ0v) is 14.0. The van der Waals surface area contributed by atoms with Crippen molar-refractivity contribution in [2.45, 2.75) is 19.4 Å². The van der Waals surface area contributed by atoms with Crippen molar-refractivity contribution in [2.75, 3.05) is 23.4 Å². The molecule has 1 fully saturated rings. The number of rotatable bonds is 3. The summed E-state index contributed by atoms with van der Waals surface area (Å²) >= 11 is 5.10. The van der Waals surface area contributed by atoms with E-state index in [0.717, 1.165) is 15.8 Å². The molecule has 1 atom stereocenters. The van der Waals surface area contributed by atoms with Crippen molar-refractivity contribution in [1.82, 2.24) is 4.90 Å². The first-order valence-corrected chi connectivity index (χ1v) is 8.55. The van der Waals surface area contributed by atoms with Crippen molar-refractivity contribution in [3.8, 4) is 0 Å². The molecule has 1 aliphatic rings. The van der Waals surface area contributed by atoms with Crippen LogP contribution in [0.4, 0.5) is 10.5 Å². The van der Waals surface area contributed by atoms with E-state index in [4.69, 9.17) is 5.11 Å². The molecule has 0 radical (unpaired) electrons. The zero-order valence-electron chi connectivity index (χ0n) is 11.6. The second kappa shape index (κ2) is 7.17. The number of aliphatic carboxylic acids is 1. The van der Waals surface area contributed by atoms with Gasteiger partial charge in [0.05, 0.1) is 12.5 Å². The number of urea groups is 1. The molecule has 5 nitrogen and oxygen atoms in total. The maximum Gasteiger partial charge on any atom is 0.322 e. The molecule has 2 amide bonds. The normalized spacial score (nSPS) is 18.4. The quantitative estimate of drug-likeness (QED) is 0.854. The number of hydrogen-bond acceptors (Lipinski definition) is 3. The van der Waals surface area contributed by atoms with Gasteiger partial charge in [-0.3, -0.25) is 4.79 Å². The smallest absolute Gasteiger partial charge is 0.322 e. The summed E-state index contributed by atoms with van der Waals surface area (Å²) < 4.78 is 0.985. The van der Waals surface area contributed by atoms with Crippen LogP contribution < -0.4 is 5.32 Å². The Morgan fingerprint density at radius 3 is 2.95 bits per heavy atom. The SMILES string of the molecule is Cc1cc(NC(=O)N2CCSCC2CC(=O)O)ccc1Br. The molecule has 1 heterocycles. The van der Waals surface area contributed by atoms with Crippen molar-refractivity contribution in [3.63, 3.8) is 0 Å². The highest BCUT2D eigenvalue weighted by molar-refractivity contribution is 9.10. The number of nitrogens with zero attached hydrogens (tertiary/aromatic N) is 1. The summed E-state index contributed by atoms with van der Waals surface area (Å²) in [7, 11) is 0. The lowest BCUT2D eigenvalue weighted by atomic mass is 10.2. The highest BCUT2D eigenvalue weighted by atomic mass is 79.9. The topological polar surface area (TPSA) is 69.6 Å². The summed E-state index contributed by atoms with van der Waals surface area (Å²) in [5.41, 5.74) is 1.75. The third-order valence-electron chi connectivity index (χ3n) is 3.31. The van der Waals surface area contributed by atoms with E-state index in [2.05, 4.69) is 21.2 Å². The van der Waals surface area contributed by atoms with Gasteiger partial charge < -0.3 is 15.3 Å². The van der Waals surface area contributed by atoms with E-state index in [1.807, 2.05) is 25.1 Å². The van der Waals surface area contributed by atoms with Gasteiger partial charge in [0.1, 0.15) is 0 Å². The standard InChI is InChI=1S/C14H17BrN2O3S/c1-9-6-10(2-3-12(9)15)16-14(20)17-4-5-21-8-11(17)7-13(18)19/h2-3,6,11H,4-5,7-8H2,1H3,(H,16,20)(H,18,19). The summed E-state index contributed by atoms with van der Waals surface area (Å²) in [6.45, 7) is 2.52. The number of halogens is 1. The molecule has 1 aliphatic heterocycles. The van der Waals surface area contributed by atoms with Gasteiger partial charge in [-0.1, -0.05) is 15.9 Å². The van der Waals surface area contributed by atoms with E-state index in [9.17, 15) is 9.59 Å². The van der Waals surface area contributed by atoms with Crippen LogP contribution in [0.5, 0.6) is 0 Å². The monoisotopic (exact) mass is 372 g/mol. The molecule has 0 bridgehead atoms. The average molecular weight is 373 g/mol. The Morgan fingerprint density at radius 1 is 1.52 bits per heavy atom. The van der Waals surface area contributed by atoms with Gasteiger partial charge in [-0.15, -0.1) is 0 Å². The Kier molecular flexibility index (Phi) is 5.52. The molecule has 1 aromatic carbocycles. The largest absolute Gasteiger partial charge is 0.481 e. The summed E-state index contributed by atoms with van der Waals surface area (Å²) in [6, 6.07) is 5.10. The third-order valence-corrected chi connectivity index (χ3v) is 5.29. The Labute approximate surface area is 136 Å². The molecule has 2 rings (SSSR count). The van der Waals surface area contributed by atoms with Gasteiger partial charge >= 0.3 is 12.0 Å². The predicted octanol–water partition coefficient (Wildman–Crippen LogP) is 3.18. The molecule has 0 aromatic heterocycles. The number of carbonyl (C=O) groups is 2. The van der Waals surface area contributed by atoms with Crippen LogP contribution in [-0.2, 0) is 4.79 Å². The van der Waals surface area contributed by atoms with E-state index in [-0.39, 0.29) is 18.5 Å². The number of carbonyl (C=O) groups excluding carboxylic acids is 1. The third kappa shape index (κ3) is 4.38. The van der Waals surface area contributed by atoms with Gasteiger partial charge in [0.2, 0.25) is 0 Å². The molecule has 1 aromatic rings. The minimum absolute atomic E-state index is 0.0141. The van der Waals surface area contributed by atoms with Gasteiger partial charge in [0.15, 0.2) is 0 Å². The first kappa shape index (κ1) is 16.2. The molecule has 1 saturated heterocycles. The van der Waals surface area contributed by atoms with Crippen LogP contribution in [0.25, 0.3) is 0 Å². The Bertz CT molecular complexity index is 553. The van der Waals surface area contributed by atoms with Crippen molar-refractivity contribution in [2.24, 2.45) is 0 Å². The van der Waals surface area contributed by atoms with E-state index in [1.165, 1.54) is 0 Å². The highest BCUT2D eigenvalue weighted by Crippen LogP contribution is 2.23. The predicted molar refractivity (Wildman–Crippen MR) is 88.0 cm³/mol. The van der Waals surface area contributed by atoms with Crippen LogP contribution in [-0.4, -0.2) is 46.1 Å². The first-order chi connectivity index (χ1) is 9.97. The molecule has 2 N–H and O–H groups in total. The van der Waals surface area contributed by atoms with Crippen molar-refractivity contribution in [3.05, 3.63) is 28.2 Å². The molecule has 0 aliphatic carbocycles.